The lowest BCUT2D eigenvalue weighted by Crippen LogP contribution is -2.22. The standard InChI is InChI=1S/C14H21NO2/c1-11(12-7-6-10-15(12)5)8-9-13(16)17-14(2,3)4/h6-11H,1-5H3/b9-8-. The van der Waals surface area contributed by atoms with Crippen molar-refractivity contribution in [2.45, 2.75) is 39.2 Å². The Kier molecular flexibility index (Phi) is 4.16. The van der Waals surface area contributed by atoms with Gasteiger partial charge in [0.1, 0.15) is 5.60 Å². The third kappa shape index (κ3) is 4.47. The summed E-state index contributed by atoms with van der Waals surface area (Å²) in [6.45, 7) is 7.63. The predicted molar refractivity (Wildman–Crippen MR) is 68.8 cm³/mol. The van der Waals surface area contributed by atoms with E-state index in [-0.39, 0.29) is 11.9 Å². The molecule has 0 radical (unpaired) electrons. The molecule has 1 unspecified atom stereocenters. The minimum Gasteiger partial charge on any atom is -0.457 e. The van der Waals surface area contributed by atoms with Gasteiger partial charge in [0.25, 0.3) is 0 Å². The van der Waals surface area contributed by atoms with Crippen LogP contribution in [0.15, 0.2) is 30.5 Å². The van der Waals surface area contributed by atoms with Gasteiger partial charge in [-0.25, -0.2) is 4.79 Å². The first-order chi connectivity index (χ1) is 7.79. The monoisotopic (exact) mass is 235 g/mol. The van der Waals surface area contributed by atoms with Crippen LogP contribution >= 0.6 is 0 Å². The van der Waals surface area contributed by atoms with Gasteiger partial charge in [-0.15, -0.1) is 0 Å². The van der Waals surface area contributed by atoms with E-state index in [0.717, 1.165) is 0 Å². The Morgan fingerprint density at radius 1 is 1.47 bits per heavy atom. The van der Waals surface area contributed by atoms with Crippen LogP contribution in [-0.4, -0.2) is 16.1 Å². The van der Waals surface area contributed by atoms with Crippen LogP contribution in [0.1, 0.15) is 39.3 Å². The lowest BCUT2D eigenvalue weighted by Gasteiger charge is -2.18. The minimum absolute atomic E-state index is 0.197. The van der Waals surface area contributed by atoms with Gasteiger partial charge in [-0.2, -0.15) is 0 Å². The molecule has 1 heterocycles. The summed E-state index contributed by atoms with van der Waals surface area (Å²) in [6.07, 6.45) is 5.36. The molecule has 3 nitrogen and oxygen atoms in total. The van der Waals surface area contributed by atoms with E-state index >= 15 is 0 Å². The maximum atomic E-state index is 11.5. The molecule has 0 fully saturated rings. The summed E-state index contributed by atoms with van der Waals surface area (Å²) in [5.74, 6) is -0.0962. The lowest BCUT2D eigenvalue weighted by molar-refractivity contribution is -0.148. The molecule has 0 bridgehead atoms. The number of rotatable bonds is 3. The number of allylic oxidation sites excluding steroid dienone is 1. The van der Waals surface area contributed by atoms with Crippen LogP contribution in [0.4, 0.5) is 0 Å². The Balaban J connectivity index is 2.60. The van der Waals surface area contributed by atoms with Crippen molar-refractivity contribution in [3.05, 3.63) is 36.2 Å². The summed E-state index contributed by atoms with van der Waals surface area (Å²) >= 11 is 0. The second-order valence-electron chi connectivity index (χ2n) is 5.23. The average Bonchev–Trinajstić information content (AvgIpc) is 2.58. The van der Waals surface area contributed by atoms with Crippen LogP contribution in [0.3, 0.4) is 0 Å². The fraction of sp³-hybridized carbons (Fsp3) is 0.500. The van der Waals surface area contributed by atoms with Crippen molar-refractivity contribution in [3.8, 4) is 0 Å². The number of carbonyl (C=O) groups is 1. The molecule has 0 saturated heterocycles. The summed E-state index contributed by atoms with van der Waals surface area (Å²) in [5, 5.41) is 0. The van der Waals surface area contributed by atoms with E-state index in [1.165, 1.54) is 11.8 Å². The number of aromatic nitrogens is 1. The molecule has 94 valence electrons. The molecule has 0 aromatic carbocycles. The number of carbonyl (C=O) groups excluding carboxylic acids is 1. The number of hydrogen-bond acceptors (Lipinski definition) is 2. The molecular weight excluding hydrogens is 214 g/mol. The highest BCUT2D eigenvalue weighted by atomic mass is 16.6. The third-order valence-electron chi connectivity index (χ3n) is 2.38. The van der Waals surface area contributed by atoms with E-state index in [9.17, 15) is 4.79 Å². The minimum atomic E-state index is -0.435. The van der Waals surface area contributed by atoms with E-state index < -0.39 is 5.60 Å². The van der Waals surface area contributed by atoms with Crippen molar-refractivity contribution in [2.75, 3.05) is 0 Å². The van der Waals surface area contributed by atoms with Crippen molar-refractivity contribution >= 4 is 5.97 Å². The molecule has 1 atom stereocenters. The van der Waals surface area contributed by atoms with E-state index in [1.807, 2.05) is 56.8 Å². The maximum Gasteiger partial charge on any atom is 0.330 e. The second kappa shape index (κ2) is 5.21. The zero-order valence-electron chi connectivity index (χ0n) is 11.2. The van der Waals surface area contributed by atoms with Gasteiger partial charge in [0.05, 0.1) is 0 Å². The van der Waals surface area contributed by atoms with Gasteiger partial charge in [0.2, 0.25) is 0 Å². The number of ether oxygens (including phenoxy) is 1. The van der Waals surface area contributed by atoms with Crippen molar-refractivity contribution in [1.29, 1.82) is 0 Å². The average molecular weight is 235 g/mol. The summed E-state index contributed by atoms with van der Waals surface area (Å²) in [4.78, 5) is 11.5. The molecular formula is C14H21NO2. The fourth-order valence-corrected chi connectivity index (χ4v) is 1.60. The van der Waals surface area contributed by atoms with Crippen molar-refractivity contribution in [2.24, 2.45) is 7.05 Å². The first-order valence-corrected chi connectivity index (χ1v) is 5.82. The zero-order valence-corrected chi connectivity index (χ0v) is 11.2. The summed E-state index contributed by atoms with van der Waals surface area (Å²) < 4.78 is 7.25. The molecule has 0 aliphatic rings. The van der Waals surface area contributed by atoms with Crippen LogP contribution in [-0.2, 0) is 16.6 Å². The Morgan fingerprint density at radius 2 is 2.12 bits per heavy atom. The lowest BCUT2D eigenvalue weighted by atomic mass is 10.1. The summed E-state index contributed by atoms with van der Waals surface area (Å²) in [7, 11) is 1.99. The van der Waals surface area contributed by atoms with Crippen LogP contribution in [0, 0.1) is 0 Å². The van der Waals surface area contributed by atoms with Crippen molar-refractivity contribution in [1.82, 2.24) is 4.57 Å². The van der Waals surface area contributed by atoms with Crippen LogP contribution < -0.4 is 0 Å². The number of aryl methyl sites for hydroxylation is 1. The van der Waals surface area contributed by atoms with Crippen LogP contribution in [0.5, 0.6) is 0 Å². The summed E-state index contributed by atoms with van der Waals surface area (Å²) in [5.41, 5.74) is 0.736. The smallest absolute Gasteiger partial charge is 0.330 e. The topological polar surface area (TPSA) is 31.2 Å². The molecule has 17 heavy (non-hydrogen) atoms. The molecule has 0 aliphatic carbocycles. The predicted octanol–water partition coefficient (Wildman–Crippen LogP) is 3.03. The molecule has 0 amide bonds. The third-order valence-corrected chi connectivity index (χ3v) is 2.38. The highest BCUT2D eigenvalue weighted by Crippen LogP contribution is 2.16. The highest BCUT2D eigenvalue weighted by Gasteiger charge is 2.14. The number of esters is 1. The molecule has 3 heteroatoms. The Morgan fingerprint density at radius 3 is 2.59 bits per heavy atom. The SMILES string of the molecule is CC(/C=C\C(=O)OC(C)(C)C)c1cccn1C. The molecule has 1 aromatic rings. The van der Waals surface area contributed by atoms with E-state index in [2.05, 4.69) is 6.92 Å². The van der Waals surface area contributed by atoms with Crippen LogP contribution in [0.25, 0.3) is 0 Å². The molecule has 0 saturated carbocycles. The van der Waals surface area contributed by atoms with Crippen molar-refractivity contribution < 1.29 is 9.53 Å². The largest absolute Gasteiger partial charge is 0.457 e. The summed E-state index contributed by atoms with van der Waals surface area (Å²) in [6, 6.07) is 4.04. The molecule has 1 aromatic heterocycles. The highest BCUT2D eigenvalue weighted by molar-refractivity contribution is 5.82. The van der Waals surface area contributed by atoms with Crippen molar-refractivity contribution in [3.63, 3.8) is 0 Å². The van der Waals surface area contributed by atoms with E-state index in [0.29, 0.717) is 0 Å². The normalized spacial score (nSPS) is 13.9. The molecule has 0 spiro atoms. The van der Waals surface area contributed by atoms with Gasteiger partial charge in [0, 0.05) is 30.9 Å². The van der Waals surface area contributed by atoms with Gasteiger partial charge < -0.3 is 9.30 Å². The molecule has 0 aliphatic heterocycles. The van der Waals surface area contributed by atoms with E-state index in [1.54, 1.807) is 0 Å². The molecule has 0 N–H and O–H groups in total. The van der Waals surface area contributed by atoms with E-state index in [4.69, 9.17) is 4.74 Å². The second-order valence-corrected chi connectivity index (χ2v) is 5.23. The van der Waals surface area contributed by atoms with Gasteiger partial charge in [-0.1, -0.05) is 13.0 Å². The van der Waals surface area contributed by atoms with Crippen LogP contribution in [0.2, 0.25) is 0 Å². The number of hydrogen-bond donors (Lipinski definition) is 0. The zero-order chi connectivity index (χ0) is 13.1. The maximum absolute atomic E-state index is 11.5. The first-order valence-electron chi connectivity index (χ1n) is 5.82. The quantitative estimate of drug-likeness (QED) is 0.595. The Labute approximate surface area is 103 Å². The fourth-order valence-electron chi connectivity index (χ4n) is 1.60. The number of nitrogens with zero attached hydrogens (tertiary/aromatic N) is 1. The van der Waals surface area contributed by atoms with Gasteiger partial charge in [-0.05, 0) is 32.9 Å². The Hall–Kier alpha value is -1.51. The van der Waals surface area contributed by atoms with Gasteiger partial charge >= 0.3 is 5.97 Å². The first kappa shape index (κ1) is 13.6. The van der Waals surface area contributed by atoms with Gasteiger partial charge in [-0.3, -0.25) is 0 Å². The Bertz CT molecular complexity index is 410. The molecule has 1 rings (SSSR count). The van der Waals surface area contributed by atoms with Gasteiger partial charge in [0.15, 0.2) is 0 Å².